The molecule has 0 aromatic heterocycles. The summed E-state index contributed by atoms with van der Waals surface area (Å²) in [4.78, 5) is 9.37. The molecule has 0 amide bonds. The molecule has 0 saturated carbocycles. The Morgan fingerprint density at radius 3 is 2.77 bits per heavy atom. The molecule has 1 fully saturated rings. The van der Waals surface area contributed by atoms with Crippen LogP contribution < -0.4 is 10.1 Å². The Hall–Kier alpha value is -2.01. The minimum atomic E-state index is 0.466. The number of rotatable bonds is 6. The lowest BCUT2D eigenvalue weighted by atomic mass is 10.0. The van der Waals surface area contributed by atoms with Crippen LogP contribution in [0.5, 0.6) is 5.75 Å². The summed E-state index contributed by atoms with van der Waals surface area (Å²) in [6.45, 7) is 10.1. The number of likely N-dealkylation sites (tertiary alicyclic amines) is 1. The fourth-order valence-corrected chi connectivity index (χ4v) is 3.77. The molecule has 1 unspecified atom stereocenters. The molecule has 0 aliphatic carbocycles. The molecule has 1 atom stereocenters. The van der Waals surface area contributed by atoms with Gasteiger partial charge in [-0.15, -0.1) is 0 Å². The number of para-hydroxylation sites is 1. The van der Waals surface area contributed by atoms with Gasteiger partial charge in [0.1, 0.15) is 12.4 Å². The molecule has 26 heavy (non-hydrogen) atoms. The monoisotopic (exact) mass is 356 g/mol. The third-order valence-electron chi connectivity index (χ3n) is 5.22. The summed E-state index contributed by atoms with van der Waals surface area (Å²) in [6, 6.07) is 8.94. The van der Waals surface area contributed by atoms with Crippen LogP contribution >= 0.6 is 0 Å². The van der Waals surface area contributed by atoms with Gasteiger partial charge in [0.25, 0.3) is 0 Å². The van der Waals surface area contributed by atoms with E-state index in [9.17, 15) is 0 Å². The zero-order chi connectivity index (χ0) is 18.4. The van der Waals surface area contributed by atoms with Crippen LogP contribution in [0.15, 0.2) is 41.4 Å². The lowest BCUT2D eigenvalue weighted by Gasteiger charge is -2.25. The van der Waals surface area contributed by atoms with Crippen molar-refractivity contribution in [2.24, 2.45) is 4.99 Å². The number of ether oxygens (including phenoxy) is 1. The molecule has 2 aliphatic rings. The molecule has 0 radical (unpaired) electrons. The molecule has 2 heterocycles. The number of benzene rings is 1. The summed E-state index contributed by atoms with van der Waals surface area (Å²) >= 11 is 0. The molecule has 5 nitrogen and oxygen atoms in total. The van der Waals surface area contributed by atoms with E-state index in [-0.39, 0.29) is 0 Å². The molecule has 0 bridgehead atoms. The highest BCUT2D eigenvalue weighted by Crippen LogP contribution is 2.25. The van der Waals surface area contributed by atoms with E-state index in [0.29, 0.717) is 18.6 Å². The van der Waals surface area contributed by atoms with Gasteiger partial charge in [0, 0.05) is 39.3 Å². The van der Waals surface area contributed by atoms with Gasteiger partial charge in [0.15, 0.2) is 5.96 Å². The number of hydrogen-bond acceptors (Lipinski definition) is 3. The maximum atomic E-state index is 6.01. The van der Waals surface area contributed by atoms with Crippen molar-refractivity contribution >= 4 is 5.96 Å². The van der Waals surface area contributed by atoms with Crippen molar-refractivity contribution in [3.05, 3.63) is 42.0 Å². The molecule has 1 N–H and O–H groups in total. The molecule has 1 aromatic carbocycles. The molecular weight excluding hydrogens is 324 g/mol. The Morgan fingerprint density at radius 2 is 2.04 bits per heavy atom. The number of nitrogens with zero attached hydrogens (tertiary/aromatic N) is 3. The van der Waals surface area contributed by atoms with Crippen molar-refractivity contribution in [2.75, 3.05) is 46.4 Å². The normalized spacial score (nSPS) is 21.0. The topological polar surface area (TPSA) is 40.1 Å². The predicted octanol–water partition coefficient (Wildman–Crippen LogP) is 2.71. The average Bonchev–Trinajstić information content (AvgIpc) is 3.33. The minimum absolute atomic E-state index is 0.466. The minimum Gasteiger partial charge on any atom is -0.491 e. The summed E-state index contributed by atoms with van der Waals surface area (Å²) in [6.07, 6.45) is 5.74. The van der Waals surface area contributed by atoms with Crippen molar-refractivity contribution in [3.8, 4) is 5.75 Å². The van der Waals surface area contributed by atoms with E-state index < -0.39 is 0 Å². The molecule has 3 rings (SSSR count). The number of guanidine groups is 1. The van der Waals surface area contributed by atoms with Gasteiger partial charge in [0.05, 0.1) is 6.54 Å². The van der Waals surface area contributed by atoms with Gasteiger partial charge in [-0.1, -0.05) is 44.2 Å². The second-order valence-corrected chi connectivity index (χ2v) is 7.33. The van der Waals surface area contributed by atoms with E-state index >= 15 is 0 Å². The number of nitrogens with one attached hydrogen (secondary N) is 1. The van der Waals surface area contributed by atoms with Gasteiger partial charge in [-0.25, -0.2) is 0 Å². The summed E-state index contributed by atoms with van der Waals surface area (Å²) < 4.78 is 6.01. The summed E-state index contributed by atoms with van der Waals surface area (Å²) in [5.41, 5.74) is 1.26. The summed E-state index contributed by atoms with van der Waals surface area (Å²) in [5, 5.41) is 3.46. The fourth-order valence-electron chi connectivity index (χ4n) is 3.77. The zero-order valence-electron chi connectivity index (χ0n) is 16.3. The fraction of sp³-hybridized carbons (Fsp3) is 0.571. The molecule has 0 spiro atoms. The Morgan fingerprint density at radius 1 is 1.27 bits per heavy atom. The van der Waals surface area contributed by atoms with E-state index in [0.717, 1.165) is 44.4 Å². The maximum absolute atomic E-state index is 6.01. The second-order valence-electron chi connectivity index (χ2n) is 7.33. The molecule has 2 aliphatic heterocycles. The Bertz CT molecular complexity index is 633. The number of aliphatic imine (C=N–C) groups is 1. The van der Waals surface area contributed by atoms with Crippen molar-refractivity contribution in [1.82, 2.24) is 15.1 Å². The molecular formula is C21H32N4O. The summed E-state index contributed by atoms with van der Waals surface area (Å²) in [7, 11) is 1.86. The first kappa shape index (κ1) is 18.8. The largest absolute Gasteiger partial charge is 0.491 e. The van der Waals surface area contributed by atoms with Crippen LogP contribution in [0.4, 0.5) is 0 Å². The molecule has 1 saturated heterocycles. The van der Waals surface area contributed by atoms with Crippen molar-refractivity contribution in [3.63, 3.8) is 0 Å². The first-order valence-corrected chi connectivity index (χ1v) is 9.75. The first-order chi connectivity index (χ1) is 12.7. The van der Waals surface area contributed by atoms with Crippen molar-refractivity contribution in [2.45, 2.75) is 32.2 Å². The van der Waals surface area contributed by atoms with E-state index in [1.165, 1.54) is 12.0 Å². The van der Waals surface area contributed by atoms with Gasteiger partial charge in [-0.05, 0) is 24.0 Å². The standard InChI is InChI=1S/C21H32N4O/c1-17(2)19-8-4-5-9-20(19)26-15-11-23-21(22-3)25-14-10-18(16-25)24-12-6-7-13-24/h4-9,17-18H,10-16H2,1-3H3,(H,22,23). The van der Waals surface area contributed by atoms with Gasteiger partial charge in [-0.2, -0.15) is 0 Å². The Labute approximate surface area is 157 Å². The van der Waals surface area contributed by atoms with E-state index in [1.807, 2.05) is 13.1 Å². The van der Waals surface area contributed by atoms with E-state index in [1.54, 1.807) is 0 Å². The van der Waals surface area contributed by atoms with Crippen LogP contribution in [0, 0.1) is 0 Å². The maximum Gasteiger partial charge on any atom is 0.193 e. The van der Waals surface area contributed by atoms with Crippen LogP contribution in [0.3, 0.4) is 0 Å². The Kier molecular flexibility index (Phi) is 6.56. The van der Waals surface area contributed by atoms with Crippen molar-refractivity contribution < 1.29 is 4.74 Å². The second kappa shape index (κ2) is 9.08. The molecule has 142 valence electrons. The van der Waals surface area contributed by atoms with Gasteiger partial charge < -0.3 is 15.0 Å². The highest BCUT2D eigenvalue weighted by atomic mass is 16.5. The van der Waals surface area contributed by atoms with Crippen LogP contribution in [0.25, 0.3) is 0 Å². The molecule has 5 heteroatoms. The summed E-state index contributed by atoms with van der Waals surface area (Å²) in [5.74, 6) is 2.44. The predicted molar refractivity (Wildman–Crippen MR) is 108 cm³/mol. The quantitative estimate of drug-likeness (QED) is 0.368. The van der Waals surface area contributed by atoms with E-state index in [2.05, 4.69) is 64.3 Å². The average molecular weight is 357 g/mol. The Balaban J connectivity index is 1.44. The highest BCUT2D eigenvalue weighted by molar-refractivity contribution is 5.80. The lowest BCUT2D eigenvalue weighted by molar-refractivity contribution is 0.259. The smallest absolute Gasteiger partial charge is 0.193 e. The lowest BCUT2D eigenvalue weighted by Crippen LogP contribution is -2.43. The van der Waals surface area contributed by atoms with Crippen molar-refractivity contribution in [1.29, 1.82) is 0 Å². The van der Waals surface area contributed by atoms with Crippen LogP contribution in [0.2, 0.25) is 0 Å². The van der Waals surface area contributed by atoms with Gasteiger partial charge >= 0.3 is 0 Å². The third-order valence-corrected chi connectivity index (χ3v) is 5.22. The van der Waals surface area contributed by atoms with Gasteiger partial charge in [0.2, 0.25) is 0 Å². The van der Waals surface area contributed by atoms with Crippen LogP contribution in [-0.2, 0) is 0 Å². The zero-order valence-corrected chi connectivity index (χ0v) is 16.3. The van der Waals surface area contributed by atoms with Crippen LogP contribution in [-0.4, -0.2) is 68.2 Å². The SMILES string of the molecule is CN=C(NCCOc1ccccc1C(C)C)N1CCC(N2CC=CC2)C1. The van der Waals surface area contributed by atoms with E-state index in [4.69, 9.17) is 4.74 Å². The van der Waals surface area contributed by atoms with Gasteiger partial charge in [-0.3, -0.25) is 9.89 Å². The third kappa shape index (κ3) is 4.58. The molecule has 1 aromatic rings. The number of hydrogen-bond donors (Lipinski definition) is 1. The highest BCUT2D eigenvalue weighted by Gasteiger charge is 2.29. The first-order valence-electron chi connectivity index (χ1n) is 9.75. The van der Waals surface area contributed by atoms with Crippen LogP contribution in [0.1, 0.15) is 31.7 Å².